The molecule has 21 heavy (non-hydrogen) atoms. The molecular weight excluding hydrogens is 270 g/mol. The highest BCUT2D eigenvalue weighted by Gasteiger charge is 2.29. The summed E-state index contributed by atoms with van der Waals surface area (Å²) in [7, 11) is 3.82. The highest BCUT2D eigenvalue weighted by atomic mass is 16.6. The molecule has 1 N–H and O–H groups in total. The lowest BCUT2D eigenvalue weighted by molar-refractivity contribution is -0.138. The van der Waals surface area contributed by atoms with Gasteiger partial charge in [-0.2, -0.15) is 0 Å². The minimum atomic E-state index is -0.472. The number of likely N-dealkylation sites (tertiary alicyclic amines) is 1. The Morgan fingerprint density at radius 1 is 1.48 bits per heavy atom. The monoisotopic (exact) mass is 299 g/mol. The van der Waals surface area contributed by atoms with Crippen LogP contribution in [-0.2, 0) is 9.53 Å². The van der Waals surface area contributed by atoms with Crippen molar-refractivity contribution in [2.75, 3.05) is 33.7 Å². The van der Waals surface area contributed by atoms with E-state index in [9.17, 15) is 9.59 Å². The van der Waals surface area contributed by atoms with Crippen molar-refractivity contribution in [3.63, 3.8) is 0 Å². The first-order valence-electron chi connectivity index (χ1n) is 7.63. The van der Waals surface area contributed by atoms with Gasteiger partial charge in [0.25, 0.3) is 0 Å². The molecule has 1 atom stereocenters. The summed E-state index contributed by atoms with van der Waals surface area (Å²) in [6, 6.07) is -0.0229. The number of alkyl carbamates (subject to hydrolysis) is 1. The van der Waals surface area contributed by atoms with Gasteiger partial charge in [0.2, 0.25) is 5.91 Å². The molecule has 1 heterocycles. The van der Waals surface area contributed by atoms with Gasteiger partial charge in [-0.05, 0) is 47.1 Å². The molecule has 0 bridgehead atoms. The van der Waals surface area contributed by atoms with E-state index in [0.717, 1.165) is 32.4 Å². The first-order chi connectivity index (χ1) is 9.70. The zero-order chi connectivity index (χ0) is 16.0. The summed E-state index contributed by atoms with van der Waals surface area (Å²) in [5, 5.41) is 2.73. The molecule has 0 spiro atoms. The van der Waals surface area contributed by atoms with Crippen molar-refractivity contribution < 1.29 is 14.3 Å². The molecule has 1 rings (SSSR count). The van der Waals surface area contributed by atoms with E-state index in [1.54, 1.807) is 4.90 Å². The van der Waals surface area contributed by atoms with Crippen molar-refractivity contribution in [3.05, 3.63) is 0 Å². The van der Waals surface area contributed by atoms with E-state index >= 15 is 0 Å². The minimum Gasteiger partial charge on any atom is -0.444 e. The third-order valence-electron chi connectivity index (χ3n) is 3.52. The Labute approximate surface area is 127 Å². The summed E-state index contributed by atoms with van der Waals surface area (Å²) in [6.07, 6.45) is 2.37. The number of likely N-dealkylation sites (N-methyl/N-ethyl adjacent to an activating group) is 2. The van der Waals surface area contributed by atoms with Crippen LogP contribution < -0.4 is 5.32 Å². The minimum absolute atomic E-state index is 0.0229. The highest BCUT2D eigenvalue weighted by molar-refractivity contribution is 5.82. The normalized spacial score (nSPS) is 19.8. The van der Waals surface area contributed by atoms with Crippen LogP contribution in [0.1, 0.15) is 40.0 Å². The quantitative estimate of drug-likeness (QED) is 0.781. The van der Waals surface area contributed by atoms with Crippen molar-refractivity contribution in [3.8, 4) is 0 Å². The maximum Gasteiger partial charge on any atom is 0.407 e. The molecule has 0 radical (unpaired) electrons. The van der Waals surface area contributed by atoms with Crippen LogP contribution in [0.2, 0.25) is 0 Å². The molecule has 0 aliphatic carbocycles. The van der Waals surface area contributed by atoms with E-state index in [1.807, 2.05) is 34.9 Å². The molecule has 6 nitrogen and oxygen atoms in total. The Morgan fingerprint density at radius 2 is 2.14 bits per heavy atom. The lowest BCUT2D eigenvalue weighted by Gasteiger charge is -2.34. The van der Waals surface area contributed by atoms with E-state index in [4.69, 9.17) is 4.74 Å². The zero-order valence-corrected chi connectivity index (χ0v) is 13.9. The third kappa shape index (κ3) is 6.33. The molecule has 1 fully saturated rings. The van der Waals surface area contributed by atoms with Crippen LogP contribution in [0.25, 0.3) is 0 Å². The van der Waals surface area contributed by atoms with Gasteiger partial charge < -0.3 is 15.0 Å². The fourth-order valence-electron chi connectivity index (χ4n) is 2.41. The van der Waals surface area contributed by atoms with E-state index < -0.39 is 11.7 Å². The molecule has 2 amide bonds. The number of carbonyl (C=O) groups is 2. The molecule has 6 heteroatoms. The number of nitrogens with one attached hydrogen (secondary N) is 1. The standard InChI is InChI=1S/C15H29N3O3/c1-15(2,3)21-14(20)16-9-7-11-17(4)12-8-6-10-18(5)13(12)19/h12H,6-11H2,1-5H3,(H,16,20). The van der Waals surface area contributed by atoms with Crippen LogP contribution in [-0.4, -0.2) is 67.2 Å². The van der Waals surface area contributed by atoms with Crippen molar-refractivity contribution >= 4 is 12.0 Å². The van der Waals surface area contributed by atoms with Gasteiger partial charge in [-0.15, -0.1) is 0 Å². The summed E-state index contributed by atoms with van der Waals surface area (Å²) in [6.45, 7) is 7.70. The number of ether oxygens (including phenoxy) is 1. The Hall–Kier alpha value is -1.30. The maximum absolute atomic E-state index is 12.1. The fraction of sp³-hybridized carbons (Fsp3) is 0.867. The molecule has 0 aromatic heterocycles. The molecule has 0 aromatic rings. The molecule has 0 aromatic carbocycles. The van der Waals surface area contributed by atoms with Gasteiger partial charge in [-0.3, -0.25) is 9.69 Å². The van der Waals surface area contributed by atoms with E-state index in [-0.39, 0.29) is 11.9 Å². The zero-order valence-electron chi connectivity index (χ0n) is 13.9. The third-order valence-corrected chi connectivity index (χ3v) is 3.52. The number of hydrogen-bond acceptors (Lipinski definition) is 4. The largest absolute Gasteiger partial charge is 0.444 e. The van der Waals surface area contributed by atoms with Crippen LogP contribution in [0.5, 0.6) is 0 Å². The first kappa shape index (κ1) is 17.8. The van der Waals surface area contributed by atoms with E-state index in [1.165, 1.54) is 0 Å². The second-order valence-electron chi connectivity index (χ2n) is 6.68. The number of hydrogen-bond donors (Lipinski definition) is 1. The molecule has 1 aliphatic heterocycles. The van der Waals surface area contributed by atoms with Crippen LogP contribution >= 0.6 is 0 Å². The molecular formula is C15H29N3O3. The summed E-state index contributed by atoms with van der Waals surface area (Å²) in [4.78, 5) is 27.4. The van der Waals surface area contributed by atoms with Gasteiger partial charge in [-0.1, -0.05) is 0 Å². The number of rotatable bonds is 5. The topological polar surface area (TPSA) is 61.9 Å². The van der Waals surface area contributed by atoms with Gasteiger partial charge in [0.15, 0.2) is 0 Å². The number of amides is 2. The van der Waals surface area contributed by atoms with Gasteiger partial charge in [0, 0.05) is 26.7 Å². The van der Waals surface area contributed by atoms with Gasteiger partial charge >= 0.3 is 6.09 Å². The molecule has 1 saturated heterocycles. The van der Waals surface area contributed by atoms with E-state index in [0.29, 0.717) is 6.54 Å². The van der Waals surface area contributed by atoms with Crippen molar-refractivity contribution in [2.45, 2.75) is 51.7 Å². The Morgan fingerprint density at radius 3 is 2.76 bits per heavy atom. The second-order valence-corrected chi connectivity index (χ2v) is 6.68. The molecule has 1 unspecified atom stereocenters. The average molecular weight is 299 g/mol. The number of piperidine rings is 1. The van der Waals surface area contributed by atoms with Crippen LogP contribution in [0.4, 0.5) is 4.79 Å². The van der Waals surface area contributed by atoms with E-state index in [2.05, 4.69) is 10.2 Å². The number of carbonyl (C=O) groups excluding carboxylic acids is 2. The SMILES string of the molecule is CN1CCCC(N(C)CCCNC(=O)OC(C)(C)C)C1=O. The highest BCUT2D eigenvalue weighted by Crippen LogP contribution is 2.15. The lowest BCUT2D eigenvalue weighted by Crippen LogP contribution is -2.50. The average Bonchev–Trinajstić information content (AvgIpc) is 2.35. The van der Waals surface area contributed by atoms with Crippen LogP contribution in [0, 0.1) is 0 Å². The van der Waals surface area contributed by atoms with Crippen molar-refractivity contribution in [2.24, 2.45) is 0 Å². The van der Waals surface area contributed by atoms with Crippen molar-refractivity contribution in [1.29, 1.82) is 0 Å². The first-order valence-corrected chi connectivity index (χ1v) is 7.63. The Kier molecular flexibility index (Phi) is 6.45. The summed E-state index contributed by atoms with van der Waals surface area (Å²) >= 11 is 0. The second kappa shape index (κ2) is 7.64. The summed E-state index contributed by atoms with van der Waals surface area (Å²) < 4.78 is 5.17. The van der Waals surface area contributed by atoms with Gasteiger partial charge in [0.05, 0.1) is 6.04 Å². The molecule has 1 aliphatic rings. The van der Waals surface area contributed by atoms with Crippen LogP contribution in [0.15, 0.2) is 0 Å². The lowest BCUT2D eigenvalue weighted by atomic mass is 10.0. The fourth-order valence-corrected chi connectivity index (χ4v) is 2.41. The molecule has 122 valence electrons. The predicted molar refractivity (Wildman–Crippen MR) is 82.1 cm³/mol. The van der Waals surface area contributed by atoms with Gasteiger partial charge in [-0.25, -0.2) is 4.79 Å². The smallest absolute Gasteiger partial charge is 0.407 e. The Balaban J connectivity index is 2.23. The molecule has 0 saturated carbocycles. The number of nitrogens with zero attached hydrogens (tertiary/aromatic N) is 2. The maximum atomic E-state index is 12.1. The summed E-state index contributed by atoms with van der Waals surface area (Å²) in [5.41, 5.74) is -0.472. The van der Waals surface area contributed by atoms with Gasteiger partial charge in [0.1, 0.15) is 5.60 Å². The Bertz CT molecular complexity index is 366. The van der Waals surface area contributed by atoms with Crippen LogP contribution in [0.3, 0.4) is 0 Å². The predicted octanol–water partition coefficient (Wildman–Crippen LogP) is 1.45. The summed E-state index contributed by atoms with van der Waals surface area (Å²) in [5.74, 6) is 0.198. The van der Waals surface area contributed by atoms with Crippen molar-refractivity contribution in [1.82, 2.24) is 15.1 Å².